The highest BCUT2D eigenvalue weighted by Gasteiger charge is 2.12. The number of benzene rings is 1. The van der Waals surface area contributed by atoms with Gasteiger partial charge in [0.1, 0.15) is 5.75 Å². The molecular weight excluding hydrogens is 368 g/mol. The lowest BCUT2D eigenvalue weighted by Crippen LogP contribution is -2.41. The van der Waals surface area contributed by atoms with Crippen molar-refractivity contribution in [2.24, 2.45) is 0 Å². The molecule has 3 amide bonds. The highest BCUT2D eigenvalue weighted by atomic mass is 32.1. The van der Waals surface area contributed by atoms with Crippen LogP contribution in [0.1, 0.15) is 23.8 Å². The molecule has 0 saturated heterocycles. The molecule has 0 saturated carbocycles. The van der Waals surface area contributed by atoms with Gasteiger partial charge in [0.05, 0.1) is 13.2 Å². The van der Waals surface area contributed by atoms with Gasteiger partial charge in [-0.2, -0.15) is 0 Å². The number of imide groups is 1. The van der Waals surface area contributed by atoms with Gasteiger partial charge in [-0.1, -0.05) is 24.3 Å². The fraction of sp³-hybridized carbons (Fsp3) is 0.316. The van der Waals surface area contributed by atoms with Crippen LogP contribution in [0.3, 0.4) is 0 Å². The fourth-order valence-electron chi connectivity index (χ4n) is 2.25. The Morgan fingerprint density at radius 1 is 1.11 bits per heavy atom. The van der Waals surface area contributed by atoms with Gasteiger partial charge in [-0.05, 0) is 36.4 Å². The summed E-state index contributed by atoms with van der Waals surface area (Å²) < 4.78 is 10.4. The number of ether oxygens (including phenoxy) is 2. The number of amides is 3. The maximum atomic E-state index is 11.8. The summed E-state index contributed by atoms with van der Waals surface area (Å²) in [5.74, 6) is -0.467. The predicted octanol–water partition coefficient (Wildman–Crippen LogP) is 2.65. The first-order valence-corrected chi connectivity index (χ1v) is 9.43. The Morgan fingerprint density at radius 2 is 1.93 bits per heavy atom. The quantitative estimate of drug-likeness (QED) is 0.642. The first-order valence-electron chi connectivity index (χ1n) is 8.55. The molecule has 2 rings (SSSR count). The van der Waals surface area contributed by atoms with Crippen molar-refractivity contribution < 1.29 is 23.9 Å². The van der Waals surface area contributed by atoms with Crippen molar-refractivity contribution in [3.63, 3.8) is 0 Å². The van der Waals surface area contributed by atoms with E-state index in [2.05, 4.69) is 10.6 Å². The molecule has 0 atom stereocenters. The van der Waals surface area contributed by atoms with Gasteiger partial charge in [-0.3, -0.25) is 14.9 Å². The van der Waals surface area contributed by atoms with Crippen molar-refractivity contribution in [1.29, 1.82) is 0 Å². The summed E-state index contributed by atoms with van der Waals surface area (Å²) in [6.45, 7) is 2.25. The van der Waals surface area contributed by atoms with E-state index < -0.39 is 24.5 Å². The normalized spacial score (nSPS) is 10.1. The minimum absolute atomic E-state index is 0.113. The number of urea groups is 1. The third-order valence-corrected chi connectivity index (χ3v) is 4.37. The van der Waals surface area contributed by atoms with Gasteiger partial charge in [0, 0.05) is 11.3 Å². The summed E-state index contributed by atoms with van der Waals surface area (Å²) in [4.78, 5) is 36.1. The Balaban J connectivity index is 1.66. The van der Waals surface area contributed by atoms with Crippen LogP contribution in [0.4, 0.5) is 4.79 Å². The van der Waals surface area contributed by atoms with Crippen molar-refractivity contribution in [2.75, 3.05) is 13.2 Å². The summed E-state index contributed by atoms with van der Waals surface area (Å²) in [5, 5.41) is 6.56. The summed E-state index contributed by atoms with van der Waals surface area (Å²) in [6, 6.07) is 10.6. The van der Waals surface area contributed by atoms with Gasteiger partial charge >= 0.3 is 12.0 Å². The van der Waals surface area contributed by atoms with Crippen LogP contribution < -0.4 is 15.4 Å². The van der Waals surface area contributed by atoms with Crippen LogP contribution >= 0.6 is 11.3 Å². The Morgan fingerprint density at radius 3 is 2.67 bits per heavy atom. The highest BCUT2D eigenvalue weighted by molar-refractivity contribution is 7.09. The second-order valence-electron chi connectivity index (χ2n) is 5.51. The van der Waals surface area contributed by atoms with Crippen molar-refractivity contribution in [2.45, 2.75) is 26.3 Å². The third-order valence-electron chi connectivity index (χ3n) is 3.49. The monoisotopic (exact) mass is 390 g/mol. The molecule has 8 heteroatoms. The average Bonchev–Trinajstić information content (AvgIpc) is 3.18. The zero-order chi connectivity index (χ0) is 19.5. The van der Waals surface area contributed by atoms with Crippen LogP contribution in [0, 0.1) is 0 Å². The van der Waals surface area contributed by atoms with E-state index in [0.717, 1.165) is 16.2 Å². The minimum atomic E-state index is -0.679. The molecule has 0 aliphatic heterocycles. The first-order chi connectivity index (χ1) is 13.1. The largest absolute Gasteiger partial charge is 0.494 e. The molecule has 1 aromatic heterocycles. The zero-order valence-electron chi connectivity index (χ0n) is 15.0. The van der Waals surface area contributed by atoms with Crippen LogP contribution in [-0.4, -0.2) is 31.1 Å². The molecule has 0 radical (unpaired) electrons. The molecule has 0 unspecified atom stereocenters. The first kappa shape index (κ1) is 20.4. The van der Waals surface area contributed by atoms with Crippen molar-refractivity contribution in [1.82, 2.24) is 10.6 Å². The van der Waals surface area contributed by atoms with Crippen LogP contribution in [-0.2, 0) is 27.3 Å². The summed E-state index contributed by atoms with van der Waals surface area (Å²) in [6.07, 6.45) is 0.555. The van der Waals surface area contributed by atoms with Crippen LogP contribution in [0.2, 0.25) is 0 Å². The topological polar surface area (TPSA) is 93.7 Å². The van der Waals surface area contributed by atoms with E-state index in [1.165, 1.54) is 11.3 Å². The van der Waals surface area contributed by atoms with Gasteiger partial charge in [-0.15, -0.1) is 11.3 Å². The van der Waals surface area contributed by atoms with E-state index >= 15 is 0 Å². The SMILES string of the molecule is CCOc1ccccc1CCC(=O)OCC(=O)NC(=O)NCc1cccs1. The fourth-order valence-corrected chi connectivity index (χ4v) is 2.89. The maximum absolute atomic E-state index is 11.8. The lowest BCUT2D eigenvalue weighted by atomic mass is 10.1. The summed E-state index contributed by atoms with van der Waals surface area (Å²) >= 11 is 1.50. The summed E-state index contributed by atoms with van der Waals surface area (Å²) in [5.41, 5.74) is 0.897. The maximum Gasteiger partial charge on any atom is 0.321 e. The third kappa shape index (κ3) is 7.49. The Hall–Kier alpha value is -2.87. The smallest absolute Gasteiger partial charge is 0.321 e. The van der Waals surface area contributed by atoms with Gasteiger partial charge in [0.15, 0.2) is 6.61 Å². The van der Waals surface area contributed by atoms with Crippen LogP contribution in [0.25, 0.3) is 0 Å². The van der Waals surface area contributed by atoms with Gasteiger partial charge in [0.2, 0.25) is 0 Å². The molecule has 0 aliphatic carbocycles. The number of hydrogen-bond donors (Lipinski definition) is 2. The Bertz CT molecular complexity index is 761. The minimum Gasteiger partial charge on any atom is -0.494 e. The number of hydrogen-bond acceptors (Lipinski definition) is 6. The van der Waals surface area contributed by atoms with Gasteiger partial charge < -0.3 is 14.8 Å². The number of thiophene rings is 1. The lowest BCUT2D eigenvalue weighted by Gasteiger charge is -2.10. The number of esters is 1. The van der Waals surface area contributed by atoms with Crippen molar-refractivity contribution in [3.8, 4) is 5.75 Å². The predicted molar refractivity (Wildman–Crippen MR) is 102 cm³/mol. The standard InChI is InChI=1S/C19H22N2O5S/c1-2-25-16-8-4-3-6-14(16)9-10-18(23)26-13-17(22)21-19(24)20-12-15-7-5-11-27-15/h3-8,11H,2,9-10,12-13H2,1H3,(H2,20,21,22,24). The average molecular weight is 390 g/mol. The molecule has 0 aliphatic rings. The molecule has 1 aromatic carbocycles. The molecule has 1 heterocycles. The van der Waals surface area contributed by atoms with E-state index in [4.69, 9.17) is 9.47 Å². The number of carbonyl (C=O) groups excluding carboxylic acids is 3. The van der Waals surface area contributed by atoms with Crippen LogP contribution in [0.5, 0.6) is 5.75 Å². The second kappa shape index (κ2) is 11.0. The molecule has 0 fully saturated rings. The molecule has 2 aromatic rings. The summed E-state index contributed by atoms with van der Waals surface area (Å²) in [7, 11) is 0. The second-order valence-corrected chi connectivity index (χ2v) is 6.54. The van der Waals surface area contributed by atoms with E-state index in [1.54, 1.807) is 0 Å². The molecule has 144 valence electrons. The van der Waals surface area contributed by atoms with Crippen molar-refractivity contribution >= 4 is 29.2 Å². The zero-order valence-corrected chi connectivity index (χ0v) is 15.8. The van der Waals surface area contributed by atoms with E-state index in [9.17, 15) is 14.4 Å². The Labute approximate surface area is 161 Å². The van der Waals surface area contributed by atoms with E-state index in [0.29, 0.717) is 19.6 Å². The van der Waals surface area contributed by atoms with E-state index in [-0.39, 0.29) is 6.42 Å². The van der Waals surface area contributed by atoms with Gasteiger partial charge in [-0.25, -0.2) is 4.79 Å². The van der Waals surface area contributed by atoms with E-state index in [1.807, 2.05) is 48.7 Å². The highest BCUT2D eigenvalue weighted by Crippen LogP contribution is 2.19. The number of nitrogens with one attached hydrogen (secondary N) is 2. The molecule has 27 heavy (non-hydrogen) atoms. The molecule has 0 bridgehead atoms. The number of carbonyl (C=O) groups is 3. The van der Waals surface area contributed by atoms with Crippen molar-refractivity contribution in [3.05, 3.63) is 52.2 Å². The molecular formula is C19H22N2O5S. The lowest BCUT2D eigenvalue weighted by molar-refractivity contribution is -0.148. The molecule has 7 nitrogen and oxygen atoms in total. The number of para-hydroxylation sites is 1. The number of rotatable bonds is 9. The number of aryl methyl sites for hydroxylation is 1. The molecule has 2 N–H and O–H groups in total. The van der Waals surface area contributed by atoms with Gasteiger partial charge in [0.25, 0.3) is 5.91 Å². The van der Waals surface area contributed by atoms with Crippen LogP contribution in [0.15, 0.2) is 41.8 Å². The Kier molecular flexibility index (Phi) is 8.31. The molecule has 0 spiro atoms.